The molecule has 0 bridgehead atoms. The number of piperidine rings is 1. The second-order valence-corrected chi connectivity index (χ2v) is 11.5. The smallest absolute Gasteiger partial charge is 0.410 e. The standard InChI is InChI=1S/C28H34N2O6/c1-26(2,3)35-24(32)20-13-19(16-29-17-20)18-7-8-23-21(14-18)22(31)15-28(34-23)9-11-30(12-10-28)25(33)36-27(4,5)6/h7-8,13-14,16-17H,9-12,15H2,1-6H3. The van der Waals surface area contributed by atoms with E-state index < -0.39 is 22.8 Å². The van der Waals surface area contributed by atoms with Crippen molar-refractivity contribution in [2.75, 3.05) is 13.1 Å². The highest BCUT2D eigenvalue weighted by molar-refractivity contribution is 6.01. The van der Waals surface area contributed by atoms with Gasteiger partial charge in [0.2, 0.25) is 0 Å². The van der Waals surface area contributed by atoms with Gasteiger partial charge in [0.25, 0.3) is 0 Å². The number of amides is 1. The Morgan fingerprint density at radius 3 is 2.25 bits per heavy atom. The van der Waals surface area contributed by atoms with Gasteiger partial charge in [-0.05, 0) is 65.3 Å². The third-order valence-electron chi connectivity index (χ3n) is 6.12. The van der Waals surface area contributed by atoms with Crippen molar-refractivity contribution in [1.82, 2.24) is 9.88 Å². The number of Topliss-reactive ketones (excluding diaryl/α,β-unsaturated/α-hetero) is 1. The van der Waals surface area contributed by atoms with E-state index in [1.54, 1.807) is 29.3 Å². The number of rotatable bonds is 2. The summed E-state index contributed by atoms with van der Waals surface area (Å²) >= 11 is 0. The van der Waals surface area contributed by atoms with Crippen LogP contribution in [-0.2, 0) is 9.47 Å². The van der Waals surface area contributed by atoms with Crippen molar-refractivity contribution in [3.05, 3.63) is 47.8 Å². The highest BCUT2D eigenvalue weighted by Gasteiger charge is 2.44. The van der Waals surface area contributed by atoms with Crippen molar-refractivity contribution < 1.29 is 28.6 Å². The van der Waals surface area contributed by atoms with Gasteiger partial charge < -0.3 is 19.1 Å². The van der Waals surface area contributed by atoms with Crippen LogP contribution in [0.2, 0.25) is 0 Å². The quantitative estimate of drug-likeness (QED) is 0.513. The minimum absolute atomic E-state index is 0.0000686. The summed E-state index contributed by atoms with van der Waals surface area (Å²) in [5.41, 5.74) is 0.541. The summed E-state index contributed by atoms with van der Waals surface area (Å²) in [4.78, 5) is 44.0. The minimum atomic E-state index is -0.623. The first-order valence-corrected chi connectivity index (χ1v) is 12.3. The molecule has 3 heterocycles. The Kier molecular flexibility index (Phi) is 6.58. The zero-order valence-electron chi connectivity index (χ0n) is 21.8. The Bertz CT molecular complexity index is 1180. The maximum atomic E-state index is 13.2. The first-order valence-electron chi connectivity index (χ1n) is 12.3. The molecule has 1 aromatic carbocycles. The molecule has 1 fully saturated rings. The molecule has 1 saturated heterocycles. The Morgan fingerprint density at radius 1 is 0.944 bits per heavy atom. The van der Waals surface area contributed by atoms with Crippen molar-refractivity contribution in [1.29, 1.82) is 0 Å². The lowest BCUT2D eigenvalue weighted by Gasteiger charge is -2.44. The second kappa shape index (κ2) is 9.22. The van der Waals surface area contributed by atoms with Crippen LogP contribution in [-0.4, -0.2) is 57.6 Å². The van der Waals surface area contributed by atoms with Gasteiger partial charge in [0, 0.05) is 43.9 Å². The third kappa shape index (κ3) is 5.86. The van der Waals surface area contributed by atoms with Crippen molar-refractivity contribution in [2.45, 2.75) is 77.6 Å². The molecule has 0 N–H and O–H groups in total. The van der Waals surface area contributed by atoms with Gasteiger partial charge in [-0.25, -0.2) is 9.59 Å². The summed E-state index contributed by atoms with van der Waals surface area (Å²) in [7, 11) is 0. The number of carbonyl (C=O) groups is 3. The van der Waals surface area contributed by atoms with E-state index in [1.165, 1.54) is 6.20 Å². The number of hydrogen-bond acceptors (Lipinski definition) is 7. The van der Waals surface area contributed by atoms with Crippen LogP contribution in [0, 0.1) is 0 Å². The van der Waals surface area contributed by atoms with Crippen molar-refractivity contribution in [3.8, 4) is 16.9 Å². The number of nitrogens with zero attached hydrogens (tertiary/aromatic N) is 2. The zero-order chi connectivity index (χ0) is 26.3. The van der Waals surface area contributed by atoms with Crippen molar-refractivity contribution >= 4 is 17.8 Å². The largest absolute Gasteiger partial charge is 0.486 e. The van der Waals surface area contributed by atoms with Gasteiger partial charge in [0.05, 0.1) is 17.5 Å². The highest BCUT2D eigenvalue weighted by atomic mass is 16.6. The molecule has 1 amide bonds. The number of benzene rings is 1. The van der Waals surface area contributed by atoms with Crippen molar-refractivity contribution in [2.24, 2.45) is 0 Å². The normalized spacial score (nSPS) is 17.3. The van der Waals surface area contributed by atoms with Crippen LogP contribution in [0.1, 0.15) is 81.5 Å². The number of ether oxygens (including phenoxy) is 3. The minimum Gasteiger partial charge on any atom is -0.486 e. The summed E-state index contributed by atoms with van der Waals surface area (Å²) < 4.78 is 17.3. The van der Waals surface area contributed by atoms with Gasteiger partial charge in [-0.3, -0.25) is 9.78 Å². The lowest BCUT2D eigenvalue weighted by atomic mass is 9.82. The second-order valence-electron chi connectivity index (χ2n) is 11.5. The van der Waals surface area contributed by atoms with E-state index in [2.05, 4.69) is 4.98 Å². The van der Waals surface area contributed by atoms with E-state index in [-0.39, 0.29) is 18.3 Å². The SMILES string of the molecule is CC(C)(C)OC(=O)c1cncc(-c2ccc3c(c2)C(=O)CC2(CCN(C(=O)OC(C)(C)C)CC2)O3)c1. The average Bonchev–Trinajstić information content (AvgIpc) is 2.77. The molecule has 192 valence electrons. The topological polar surface area (TPSA) is 95.0 Å². The molecule has 0 atom stereocenters. The molecule has 0 saturated carbocycles. The zero-order valence-corrected chi connectivity index (χ0v) is 21.8. The predicted octanol–water partition coefficient (Wildman–Crippen LogP) is 5.44. The summed E-state index contributed by atoms with van der Waals surface area (Å²) in [6.07, 6.45) is 4.14. The fourth-order valence-electron chi connectivity index (χ4n) is 4.42. The fraction of sp³-hybridized carbons (Fsp3) is 0.500. The summed E-state index contributed by atoms with van der Waals surface area (Å²) in [5.74, 6) is 0.0888. The van der Waals surface area contributed by atoms with E-state index in [0.29, 0.717) is 48.4 Å². The molecule has 36 heavy (non-hydrogen) atoms. The molecule has 8 nitrogen and oxygen atoms in total. The van der Waals surface area contributed by atoms with E-state index in [0.717, 1.165) is 5.56 Å². The summed E-state index contributed by atoms with van der Waals surface area (Å²) in [6.45, 7) is 11.9. The number of aromatic nitrogens is 1. The van der Waals surface area contributed by atoms with Crippen LogP contribution in [0.5, 0.6) is 5.75 Å². The molecule has 2 aromatic rings. The highest BCUT2D eigenvalue weighted by Crippen LogP contribution is 2.41. The number of carbonyl (C=O) groups excluding carboxylic acids is 3. The van der Waals surface area contributed by atoms with E-state index in [1.807, 2.05) is 47.6 Å². The van der Waals surface area contributed by atoms with Crippen LogP contribution in [0.3, 0.4) is 0 Å². The van der Waals surface area contributed by atoms with Gasteiger partial charge in [0.15, 0.2) is 5.78 Å². The molecule has 2 aliphatic rings. The van der Waals surface area contributed by atoms with Gasteiger partial charge in [0.1, 0.15) is 22.6 Å². The fourth-order valence-corrected chi connectivity index (χ4v) is 4.42. The first kappa shape index (κ1) is 25.7. The monoisotopic (exact) mass is 494 g/mol. The van der Waals surface area contributed by atoms with Crippen LogP contribution in [0.15, 0.2) is 36.7 Å². The lowest BCUT2D eigenvalue weighted by molar-refractivity contribution is -0.0226. The molecule has 4 rings (SSSR count). The number of pyridine rings is 1. The Morgan fingerprint density at radius 2 is 1.61 bits per heavy atom. The molecular weight excluding hydrogens is 460 g/mol. The number of esters is 1. The van der Waals surface area contributed by atoms with Crippen molar-refractivity contribution in [3.63, 3.8) is 0 Å². The molecule has 1 spiro atoms. The third-order valence-corrected chi connectivity index (χ3v) is 6.12. The molecule has 8 heteroatoms. The van der Waals surface area contributed by atoms with Crippen LogP contribution in [0.4, 0.5) is 4.79 Å². The Labute approximate surface area is 211 Å². The number of hydrogen-bond donors (Lipinski definition) is 0. The van der Waals surface area contributed by atoms with Gasteiger partial charge in [-0.1, -0.05) is 6.07 Å². The number of ketones is 1. The molecule has 0 unspecified atom stereocenters. The molecular formula is C28H34N2O6. The first-order chi connectivity index (χ1) is 16.7. The van der Waals surface area contributed by atoms with Crippen LogP contribution >= 0.6 is 0 Å². The number of likely N-dealkylation sites (tertiary alicyclic amines) is 1. The molecule has 0 aliphatic carbocycles. The van der Waals surface area contributed by atoms with E-state index in [4.69, 9.17) is 14.2 Å². The maximum absolute atomic E-state index is 13.2. The van der Waals surface area contributed by atoms with Crippen LogP contribution in [0.25, 0.3) is 11.1 Å². The van der Waals surface area contributed by atoms with E-state index in [9.17, 15) is 14.4 Å². The van der Waals surface area contributed by atoms with Gasteiger partial charge in [-0.2, -0.15) is 0 Å². The summed E-state index contributed by atoms with van der Waals surface area (Å²) in [6, 6.07) is 7.15. The van der Waals surface area contributed by atoms with Gasteiger partial charge >= 0.3 is 12.1 Å². The van der Waals surface area contributed by atoms with Gasteiger partial charge in [-0.15, -0.1) is 0 Å². The number of fused-ring (bicyclic) bond motifs is 1. The van der Waals surface area contributed by atoms with Crippen LogP contribution < -0.4 is 4.74 Å². The molecule has 2 aliphatic heterocycles. The van der Waals surface area contributed by atoms with E-state index >= 15 is 0 Å². The Hall–Kier alpha value is -3.42. The maximum Gasteiger partial charge on any atom is 0.410 e. The summed E-state index contributed by atoms with van der Waals surface area (Å²) in [5, 5.41) is 0. The molecule has 0 radical (unpaired) electrons. The Balaban J connectivity index is 1.49. The average molecular weight is 495 g/mol. The lowest BCUT2D eigenvalue weighted by Crippen LogP contribution is -2.52. The molecule has 1 aromatic heterocycles. The predicted molar refractivity (Wildman–Crippen MR) is 134 cm³/mol.